The molecule has 0 aromatic heterocycles. The molecule has 1 fully saturated rings. The van der Waals surface area contributed by atoms with Crippen molar-refractivity contribution >= 4 is 56.3 Å². The molecule has 144 valence electrons. The fourth-order valence-corrected chi connectivity index (χ4v) is 4.35. The lowest BCUT2D eigenvalue weighted by Gasteiger charge is -2.14. The van der Waals surface area contributed by atoms with Gasteiger partial charge in [-0.1, -0.05) is 24.3 Å². The maximum Gasteiger partial charge on any atom is 0.293 e. The van der Waals surface area contributed by atoms with Crippen LogP contribution in [-0.4, -0.2) is 35.1 Å². The molecule has 0 N–H and O–H groups in total. The van der Waals surface area contributed by atoms with E-state index < -0.39 is 16.1 Å². The number of carbonyl (C=O) groups is 2. The topological polar surface area (TPSA) is 83.8 Å². The second-order valence-electron chi connectivity index (χ2n) is 6.26. The van der Waals surface area contributed by atoms with Gasteiger partial charge in [0.1, 0.15) is 0 Å². The van der Waals surface area contributed by atoms with Crippen LogP contribution in [0.3, 0.4) is 0 Å². The van der Waals surface area contributed by atoms with Gasteiger partial charge in [0.25, 0.3) is 16.8 Å². The van der Waals surface area contributed by atoms with E-state index in [4.69, 9.17) is 0 Å². The number of carbonyl (C=O) groups excluding carboxylic acids is 2. The van der Waals surface area contributed by atoms with Crippen molar-refractivity contribution in [2.24, 2.45) is 0 Å². The number of nitrogens with zero attached hydrogens (tertiary/aromatic N) is 3. The molecule has 1 heterocycles. The van der Waals surface area contributed by atoms with Gasteiger partial charge in [-0.2, -0.15) is 0 Å². The molecule has 1 aliphatic rings. The van der Waals surface area contributed by atoms with Crippen LogP contribution in [0, 0.1) is 10.1 Å². The third-order valence-corrected chi connectivity index (χ3v) is 5.68. The van der Waals surface area contributed by atoms with E-state index in [1.54, 1.807) is 24.3 Å². The number of hydrogen-bond acceptors (Lipinski definition) is 6. The standard InChI is InChI=1S/C19H16BrN3O4S/c1-21(2)16-8-7-12(9-14(16)20)10-17-18(24)22(19(25)28-17)11-13-5-3-4-6-15(13)23(26)27/h3-10H,11H2,1-2H3/b17-10-. The summed E-state index contributed by atoms with van der Waals surface area (Å²) in [5.41, 5.74) is 1.96. The van der Waals surface area contributed by atoms with Crippen LogP contribution in [0.2, 0.25) is 0 Å². The summed E-state index contributed by atoms with van der Waals surface area (Å²) in [5, 5.41) is 10.7. The number of imide groups is 1. The third-order valence-electron chi connectivity index (χ3n) is 4.14. The van der Waals surface area contributed by atoms with Crippen molar-refractivity contribution in [3.63, 3.8) is 0 Å². The van der Waals surface area contributed by atoms with E-state index in [2.05, 4.69) is 15.9 Å². The van der Waals surface area contributed by atoms with Crippen LogP contribution in [0.25, 0.3) is 6.08 Å². The van der Waals surface area contributed by atoms with Crippen molar-refractivity contribution in [1.29, 1.82) is 0 Å². The number of rotatable bonds is 5. The van der Waals surface area contributed by atoms with Crippen LogP contribution in [0.5, 0.6) is 0 Å². The van der Waals surface area contributed by atoms with E-state index in [1.807, 2.05) is 37.2 Å². The molecule has 0 bridgehead atoms. The predicted molar refractivity (Wildman–Crippen MR) is 113 cm³/mol. The Morgan fingerprint density at radius 1 is 1.21 bits per heavy atom. The van der Waals surface area contributed by atoms with Gasteiger partial charge in [-0.15, -0.1) is 0 Å². The number of nitro groups is 1. The van der Waals surface area contributed by atoms with Crippen LogP contribution in [-0.2, 0) is 11.3 Å². The number of halogens is 1. The fraction of sp³-hybridized carbons (Fsp3) is 0.158. The van der Waals surface area contributed by atoms with Crippen LogP contribution in [0.4, 0.5) is 16.2 Å². The molecule has 3 rings (SSSR count). The summed E-state index contributed by atoms with van der Waals surface area (Å²) >= 11 is 4.33. The van der Waals surface area contributed by atoms with Crippen LogP contribution >= 0.6 is 27.7 Å². The first-order valence-corrected chi connectivity index (χ1v) is 9.83. The minimum absolute atomic E-state index is 0.117. The van der Waals surface area contributed by atoms with Crippen molar-refractivity contribution in [2.45, 2.75) is 6.54 Å². The third kappa shape index (κ3) is 4.10. The average molecular weight is 462 g/mol. The predicted octanol–water partition coefficient (Wildman–Crippen LogP) is 4.66. The molecule has 9 heteroatoms. The SMILES string of the molecule is CN(C)c1ccc(/C=C2\SC(=O)N(Cc3ccccc3[N+](=O)[O-])C2=O)cc1Br. The molecule has 0 spiro atoms. The highest BCUT2D eigenvalue weighted by Crippen LogP contribution is 2.35. The Morgan fingerprint density at radius 2 is 1.93 bits per heavy atom. The minimum Gasteiger partial charge on any atom is -0.377 e. The highest BCUT2D eigenvalue weighted by molar-refractivity contribution is 9.10. The second-order valence-corrected chi connectivity index (χ2v) is 8.11. The maximum atomic E-state index is 12.7. The Kier molecular flexibility index (Phi) is 5.85. The summed E-state index contributed by atoms with van der Waals surface area (Å²) in [7, 11) is 3.85. The molecular weight excluding hydrogens is 446 g/mol. The van der Waals surface area contributed by atoms with Gasteiger partial charge in [-0.25, -0.2) is 0 Å². The van der Waals surface area contributed by atoms with Crippen molar-refractivity contribution in [1.82, 2.24) is 4.90 Å². The van der Waals surface area contributed by atoms with Gasteiger partial charge in [0.15, 0.2) is 0 Å². The zero-order valence-electron chi connectivity index (χ0n) is 15.1. The molecule has 1 aliphatic heterocycles. The molecule has 0 aliphatic carbocycles. The van der Waals surface area contributed by atoms with Crippen LogP contribution in [0.1, 0.15) is 11.1 Å². The van der Waals surface area contributed by atoms with Gasteiger partial charge < -0.3 is 4.90 Å². The van der Waals surface area contributed by atoms with Gasteiger partial charge in [-0.3, -0.25) is 24.6 Å². The Bertz CT molecular complexity index is 1010. The molecule has 28 heavy (non-hydrogen) atoms. The number of thioether (sulfide) groups is 1. The van der Waals surface area contributed by atoms with E-state index in [0.29, 0.717) is 5.56 Å². The van der Waals surface area contributed by atoms with E-state index in [0.717, 1.165) is 32.4 Å². The van der Waals surface area contributed by atoms with E-state index in [9.17, 15) is 19.7 Å². The summed E-state index contributed by atoms with van der Waals surface area (Å²) in [6.07, 6.45) is 1.65. The Morgan fingerprint density at radius 3 is 2.57 bits per heavy atom. The van der Waals surface area contributed by atoms with E-state index in [1.165, 1.54) is 6.07 Å². The molecule has 1 saturated heterocycles. The first-order valence-electron chi connectivity index (χ1n) is 8.22. The first kappa shape index (κ1) is 20.1. The smallest absolute Gasteiger partial charge is 0.293 e. The summed E-state index contributed by atoms with van der Waals surface area (Å²) in [6, 6.07) is 11.7. The zero-order valence-corrected chi connectivity index (χ0v) is 17.5. The Hall–Kier alpha value is -2.65. The normalized spacial score (nSPS) is 15.4. The number of nitro benzene ring substituents is 1. The number of anilines is 1. The summed E-state index contributed by atoms with van der Waals surface area (Å²) in [5.74, 6) is -0.457. The lowest BCUT2D eigenvalue weighted by Crippen LogP contribution is -2.27. The molecule has 0 saturated carbocycles. The van der Waals surface area contributed by atoms with Gasteiger partial charge in [0.2, 0.25) is 0 Å². The number of para-hydroxylation sites is 1. The molecule has 0 radical (unpaired) electrons. The van der Waals surface area contributed by atoms with Crippen molar-refractivity contribution < 1.29 is 14.5 Å². The monoisotopic (exact) mass is 461 g/mol. The molecule has 2 aromatic carbocycles. The Labute approximate surface area is 174 Å². The highest BCUT2D eigenvalue weighted by Gasteiger charge is 2.36. The van der Waals surface area contributed by atoms with Crippen molar-refractivity contribution in [3.8, 4) is 0 Å². The first-order chi connectivity index (χ1) is 13.3. The number of hydrogen-bond donors (Lipinski definition) is 0. The fourth-order valence-electron chi connectivity index (χ4n) is 2.76. The number of benzene rings is 2. The summed E-state index contributed by atoms with van der Waals surface area (Å²) in [6.45, 7) is -0.136. The average Bonchev–Trinajstić information content (AvgIpc) is 2.89. The maximum absolute atomic E-state index is 12.7. The Balaban J connectivity index is 1.85. The second kappa shape index (κ2) is 8.15. The zero-order chi connectivity index (χ0) is 20.4. The van der Waals surface area contributed by atoms with Crippen molar-refractivity contribution in [3.05, 3.63) is 73.1 Å². The molecule has 2 aromatic rings. The molecule has 0 atom stereocenters. The molecular formula is C19H16BrN3O4S. The lowest BCUT2D eigenvalue weighted by molar-refractivity contribution is -0.385. The van der Waals surface area contributed by atoms with Gasteiger partial charge in [-0.05, 0) is 51.5 Å². The lowest BCUT2D eigenvalue weighted by atomic mass is 10.1. The van der Waals surface area contributed by atoms with Gasteiger partial charge in [0.05, 0.1) is 22.1 Å². The van der Waals surface area contributed by atoms with E-state index >= 15 is 0 Å². The highest BCUT2D eigenvalue weighted by atomic mass is 79.9. The van der Waals surface area contributed by atoms with Gasteiger partial charge in [0, 0.05) is 30.2 Å². The molecule has 0 unspecified atom stereocenters. The molecule has 7 nitrogen and oxygen atoms in total. The van der Waals surface area contributed by atoms with Crippen LogP contribution < -0.4 is 4.90 Å². The minimum atomic E-state index is -0.520. The quantitative estimate of drug-likeness (QED) is 0.365. The largest absolute Gasteiger partial charge is 0.377 e. The summed E-state index contributed by atoms with van der Waals surface area (Å²) in [4.78, 5) is 38.9. The number of amides is 2. The van der Waals surface area contributed by atoms with Crippen molar-refractivity contribution in [2.75, 3.05) is 19.0 Å². The van der Waals surface area contributed by atoms with E-state index in [-0.39, 0.29) is 17.1 Å². The van der Waals surface area contributed by atoms with Gasteiger partial charge >= 0.3 is 0 Å². The molecule has 2 amide bonds. The van der Waals surface area contributed by atoms with Crippen LogP contribution in [0.15, 0.2) is 51.8 Å². The summed E-state index contributed by atoms with van der Waals surface area (Å²) < 4.78 is 0.866.